The van der Waals surface area contributed by atoms with Gasteiger partial charge in [0.1, 0.15) is 0 Å². The summed E-state index contributed by atoms with van der Waals surface area (Å²) in [6.45, 7) is 4.58. The van der Waals surface area contributed by atoms with Gasteiger partial charge in [-0.15, -0.1) is 0 Å². The van der Waals surface area contributed by atoms with E-state index in [1.807, 2.05) is 13.8 Å². The second-order valence-electron chi connectivity index (χ2n) is 5.17. The summed E-state index contributed by atoms with van der Waals surface area (Å²) >= 11 is 0. The van der Waals surface area contributed by atoms with E-state index in [4.69, 9.17) is 5.73 Å². The monoisotopic (exact) mass is 242 g/mol. The summed E-state index contributed by atoms with van der Waals surface area (Å²) in [5.74, 6) is 0.444. The first kappa shape index (κ1) is 14.5. The standard InChI is InChI=1S/C13H26N2O2/c1-3-13(4-2,9-16)15-12(17)11-7-5-6-10(11)8-14/h10-11,16H,3-9,14H2,1-2H3,(H,15,17). The van der Waals surface area contributed by atoms with Crippen LogP contribution in [0.1, 0.15) is 46.0 Å². The molecular formula is C13H26N2O2. The Morgan fingerprint density at radius 3 is 2.53 bits per heavy atom. The van der Waals surface area contributed by atoms with Crippen LogP contribution in [-0.2, 0) is 4.79 Å². The maximum atomic E-state index is 12.2. The van der Waals surface area contributed by atoms with Crippen LogP contribution in [0, 0.1) is 11.8 Å². The number of aliphatic hydroxyl groups excluding tert-OH is 1. The summed E-state index contributed by atoms with van der Waals surface area (Å²) in [6.07, 6.45) is 4.59. The molecule has 0 aromatic heterocycles. The highest BCUT2D eigenvalue weighted by Gasteiger charge is 2.36. The lowest BCUT2D eigenvalue weighted by Gasteiger charge is -2.32. The van der Waals surface area contributed by atoms with Gasteiger partial charge in [-0.1, -0.05) is 20.3 Å². The van der Waals surface area contributed by atoms with Crippen LogP contribution in [0.5, 0.6) is 0 Å². The first-order valence-electron chi connectivity index (χ1n) is 6.75. The first-order chi connectivity index (χ1) is 8.12. The molecule has 1 rings (SSSR count). The summed E-state index contributed by atoms with van der Waals surface area (Å²) in [4.78, 5) is 12.2. The number of amides is 1. The molecule has 1 fully saturated rings. The van der Waals surface area contributed by atoms with E-state index in [0.29, 0.717) is 12.5 Å². The van der Waals surface area contributed by atoms with Gasteiger partial charge in [0, 0.05) is 5.92 Å². The van der Waals surface area contributed by atoms with Crippen molar-refractivity contribution in [3.8, 4) is 0 Å². The topological polar surface area (TPSA) is 75.3 Å². The Kier molecular flexibility index (Phi) is 5.40. The largest absolute Gasteiger partial charge is 0.394 e. The predicted octanol–water partition coefficient (Wildman–Crippen LogP) is 1.03. The number of rotatable bonds is 6. The Bertz CT molecular complexity index is 244. The SMILES string of the molecule is CCC(CC)(CO)NC(=O)C1CCCC1CN. The minimum absolute atomic E-state index is 0.00571. The molecule has 1 amide bonds. The van der Waals surface area contributed by atoms with E-state index in [0.717, 1.165) is 32.1 Å². The molecule has 100 valence electrons. The van der Waals surface area contributed by atoms with Gasteiger partial charge in [-0.2, -0.15) is 0 Å². The second kappa shape index (κ2) is 6.36. The maximum Gasteiger partial charge on any atom is 0.223 e. The highest BCUT2D eigenvalue weighted by molar-refractivity contribution is 5.80. The summed E-state index contributed by atoms with van der Waals surface area (Å²) in [7, 11) is 0. The van der Waals surface area contributed by atoms with E-state index in [1.165, 1.54) is 0 Å². The number of hydrogen-bond acceptors (Lipinski definition) is 3. The molecular weight excluding hydrogens is 216 g/mol. The molecule has 0 radical (unpaired) electrons. The lowest BCUT2D eigenvalue weighted by molar-refractivity contribution is -0.128. The number of aliphatic hydroxyl groups is 1. The van der Waals surface area contributed by atoms with Crippen molar-refractivity contribution < 1.29 is 9.90 Å². The predicted molar refractivity (Wildman–Crippen MR) is 68.4 cm³/mol. The Hall–Kier alpha value is -0.610. The van der Waals surface area contributed by atoms with Crippen LogP contribution in [0.2, 0.25) is 0 Å². The summed E-state index contributed by atoms with van der Waals surface area (Å²) in [5.41, 5.74) is 5.25. The average Bonchev–Trinajstić information content (AvgIpc) is 2.84. The molecule has 0 bridgehead atoms. The van der Waals surface area contributed by atoms with E-state index < -0.39 is 5.54 Å². The van der Waals surface area contributed by atoms with Gasteiger partial charge in [0.05, 0.1) is 12.1 Å². The van der Waals surface area contributed by atoms with Crippen LogP contribution in [0.4, 0.5) is 0 Å². The number of hydrogen-bond donors (Lipinski definition) is 3. The third-order valence-corrected chi connectivity index (χ3v) is 4.34. The van der Waals surface area contributed by atoms with Crippen molar-refractivity contribution in [2.24, 2.45) is 17.6 Å². The van der Waals surface area contributed by atoms with Crippen LogP contribution < -0.4 is 11.1 Å². The summed E-state index contributed by atoms with van der Waals surface area (Å²) in [6, 6.07) is 0. The van der Waals surface area contributed by atoms with Crippen molar-refractivity contribution in [2.75, 3.05) is 13.2 Å². The van der Waals surface area contributed by atoms with E-state index in [9.17, 15) is 9.90 Å². The third-order valence-electron chi connectivity index (χ3n) is 4.34. The highest BCUT2D eigenvalue weighted by Crippen LogP contribution is 2.31. The minimum atomic E-state index is -0.446. The summed E-state index contributed by atoms with van der Waals surface area (Å²) in [5, 5.41) is 12.5. The van der Waals surface area contributed by atoms with Gasteiger partial charge in [-0.05, 0) is 38.1 Å². The molecule has 1 saturated carbocycles. The van der Waals surface area contributed by atoms with E-state index in [-0.39, 0.29) is 18.4 Å². The van der Waals surface area contributed by atoms with Crippen LogP contribution >= 0.6 is 0 Å². The van der Waals surface area contributed by atoms with Gasteiger partial charge in [-0.3, -0.25) is 4.79 Å². The summed E-state index contributed by atoms with van der Waals surface area (Å²) < 4.78 is 0. The molecule has 2 atom stereocenters. The zero-order valence-corrected chi connectivity index (χ0v) is 11.0. The number of nitrogens with two attached hydrogens (primary N) is 1. The van der Waals surface area contributed by atoms with Crippen molar-refractivity contribution in [1.29, 1.82) is 0 Å². The van der Waals surface area contributed by atoms with Gasteiger partial charge in [0.25, 0.3) is 0 Å². The normalized spacial score (nSPS) is 24.9. The quantitative estimate of drug-likeness (QED) is 0.651. The Labute approximate surface area is 104 Å². The van der Waals surface area contributed by atoms with E-state index >= 15 is 0 Å². The third kappa shape index (κ3) is 3.19. The smallest absolute Gasteiger partial charge is 0.223 e. The molecule has 0 aliphatic heterocycles. The van der Waals surface area contributed by atoms with E-state index in [2.05, 4.69) is 5.32 Å². The molecule has 0 spiro atoms. The molecule has 0 saturated heterocycles. The minimum Gasteiger partial charge on any atom is -0.394 e. The number of nitrogens with one attached hydrogen (secondary N) is 1. The van der Waals surface area contributed by atoms with Crippen LogP contribution in [0.25, 0.3) is 0 Å². The van der Waals surface area contributed by atoms with Gasteiger partial charge >= 0.3 is 0 Å². The molecule has 0 aromatic rings. The zero-order valence-electron chi connectivity index (χ0n) is 11.0. The fourth-order valence-electron chi connectivity index (χ4n) is 2.71. The molecule has 0 aromatic carbocycles. The first-order valence-corrected chi connectivity index (χ1v) is 6.75. The molecule has 1 aliphatic carbocycles. The van der Waals surface area contributed by atoms with Crippen molar-refractivity contribution in [2.45, 2.75) is 51.5 Å². The zero-order chi connectivity index (χ0) is 12.9. The van der Waals surface area contributed by atoms with Crippen molar-refractivity contribution >= 4 is 5.91 Å². The lowest BCUT2D eigenvalue weighted by Crippen LogP contribution is -2.53. The molecule has 1 aliphatic rings. The van der Waals surface area contributed by atoms with Crippen molar-refractivity contribution in [3.63, 3.8) is 0 Å². The molecule has 4 N–H and O–H groups in total. The molecule has 17 heavy (non-hydrogen) atoms. The van der Waals surface area contributed by atoms with Gasteiger partial charge in [0.15, 0.2) is 0 Å². The average molecular weight is 242 g/mol. The fraction of sp³-hybridized carbons (Fsp3) is 0.923. The van der Waals surface area contributed by atoms with Gasteiger partial charge in [-0.25, -0.2) is 0 Å². The molecule has 2 unspecified atom stereocenters. The van der Waals surface area contributed by atoms with Crippen LogP contribution in [-0.4, -0.2) is 29.7 Å². The number of carbonyl (C=O) groups is 1. The second-order valence-corrected chi connectivity index (χ2v) is 5.17. The van der Waals surface area contributed by atoms with Gasteiger partial charge < -0.3 is 16.2 Å². The highest BCUT2D eigenvalue weighted by atomic mass is 16.3. The Morgan fingerprint density at radius 2 is 2.06 bits per heavy atom. The Balaban J connectivity index is 2.64. The Morgan fingerprint density at radius 1 is 1.41 bits per heavy atom. The number of carbonyl (C=O) groups excluding carboxylic acids is 1. The van der Waals surface area contributed by atoms with Crippen molar-refractivity contribution in [1.82, 2.24) is 5.32 Å². The molecule has 0 heterocycles. The van der Waals surface area contributed by atoms with Crippen LogP contribution in [0.15, 0.2) is 0 Å². The molecule has 4 nitrogen and oxygen atoms in total. The fourth-order valence-corrected chi connectivity index (χ4v) is 2.71. The molecule has 4 heteroatoms. The lowest BCUT2D eigenvalue weighted by atomic mass is 9.90. The van der Waals surface area contributed by atoms with E-state index in [1.54, 1.807) is 0 Å². The van der Waals surface area contributed by atoms with Crippen LogP contribution in [0.3, 0.4) is 0 Å². The van der Waals surface area contributed by atoms with Crippen molar-refractivity contribution in [3.05, 3.63) is 0 Å². The van der Waals surface area contributed by atoms with Gasteiger partial charge in [0.2, 0.25) is 5.91 Å². The maximum absolute atomic E-state index is 12.2.